The lowest BCUT2D eigenvalue weighted by atomic mass is 10.1. The van der Waals surface area contributed by atoms with E-state index in [1.54, 1.807) is 62.4 Å². The zero-order chi connectivity index (χ0) is 23.3. The summed E-state index contributed by atoms with van der Waals surface area (Å²) in [5, 5.41) is 18.4. The fraction of sp³-hybridized carbons (Fsp3) is 0.0870. The standard InChI is InChI=1S/C23H19ClN4O4/c1-14-12-18(8-11-21(14)28(31)32)23(30)27-26-15(2)17-4-3-5-20(13-17)25-22(29)16-6-9-19(24)10-7-16/h3-13H,1-2H3,(H,25,29)(H,27,30)/b26-15+. The number of hydrogen-bond donors (Lipinski definition) is 2. The topological polar surface area (TPSA) is 114 Å². The Kier molecular flexibility index (Phi) is 6.97. The van der Waals surface area contributed by atoms with Crippen LogP contribution < -0.4 is 10.7 Å². The van der Waals surface area contributed by atoms with Crippen LogP contribution in [0.2, 0.25) is 5.02 Å². The predicted octanol–water partition coefficient (Wildman–Crippen LogP) is 4.96. The van der Waals surface area contributed by atoms with Gasteiger partial charge in [-0.05, 0) is 67.9 Å². The molecule has 2 N–H and O–H groups in total. The molecular weight excluding hydrogens is 432 g/mol. The van der Waals surface area contributed by atoms with Gasteiger partial charge in [0.25, 0.3) is 17.5 Å². The molecular formula is C23H19ClN4O4. The van der Waals surface area contributed by atoms with Crippen molar-refractivity contribution in [2.45, 2.75) is 13.8 Å². The first-order valence-electron chi connectivity index (χ1n) is 9.51. The Morgan fingerprint density at radius 3 is 2.28 bits per heavy atom. The van der Waals surface area contributed by atoms with Crippen LogP contribution in [0.3, 0.4) is 0 Å². The highest BCUT2D eigenvalue weighted by Gasteiger charge is 2.14. The minimum absolute atomic E-state index is 0.0568. The monoisotopic (exact) mass is 450 g/mol. The molecule has 0 bridgehead atoms. The highest BCUT2D eigenvalue weighted by Crippen LogP contribution is 2.19. The molecule has 0 saturated carbocycles. The number of nitro benzene ring substituents is 1. The molecule has 0 aliphatic rings. The van der Waals surface area contributed by atoms with Gasteiger partial charge < -0.3 is 5.32 Å². The number of nitrogens with one attached hydrogen (secondary N) is 2. The number of hydrazone groups is 1. The maximum absolute atomic E-state index is 12.4. The van der Waals surface area contributed by atoms with Gasteiger partial charge in [-0.2, -0.15) is 5.10 Å². The molecule has 0 heterocycles. The highest BCUT2D eigenvalue weighted by atomic mass is 35.5. The lowest BCUT2D eigenvalue weighted by Crippen LogP contribution is -2.19. The Bertz CT molecular complexity index is 1220. The molecule has 162 valence electrons. The van der Waals surface area contributed by atoms with Crippen molar-refractivity contribution in [3.05, 3.63) is 104 Å². The van der Waals surface area contributed by atoms with Crippen molar-refractivity contribution >= 4 is 40.5 Å². The maximum atomic E-state index is 12.4. The number of hydrogen-bond acceptors (Lipinski definition) is 5. The summed E-state index contributed by atoms with van der Waals surface area (Å²) in [6, 6.07) is 17.6. The molecule has 3 aromatic carbocycles. The quantitative estimate of drug-likeness (QED) is 0.313. The molecule has 0 radical (unpaired) electrons. The van der Waals surface area contributed by atoms with E-state index in [2.05, 4.69) is 15.8 Å². The van der Waals surface area contributed by atoms with E-state index in [0.29, 0.717) is 33.1 Å². The summed E-state index contributed by atoms with van der Waals surface area (Å²) in [4.78, 5) is 35.2. The Morgan fingerprint density at radius 1 is 0.938 bits per heavy atom. The number of carbonyl (C=O) groups excluding carboxylic acids is 2. The molecule has 3 aromatic rings. The first kappa shape index (κ1) is 22.6. The third kappa shape index (κ3) is 5.55. The number of carbonyl (C=O) groups is 2. The average molecular weight is 451 g/mol. The summed E-state index contributed by atoms with van der Waals surface area (Å²) in [5.41, 5.74) is 5.27. The van der Waals surface area contributed by atoms with Crippen molar-refractivity contribution in [2.75, 3.05) is 5.32 Å². The van der Waals surface area contributed by atoms with Crippen LogP contribution in [0.5, 0.6) is 0 Å². The molecule has 8 nitrogen and oxygen atoms in total. The smallest absolute Gasteiger partial charge is 0.272 e. The van der Waals surface area contributed by atoms with Crippen LogP contribution in [0.15, 0.2) is 71.8 Å². The van der Waals surface area contributed by atoms with E-state index in [9.17, 15) is 19.7 Å². The number of rotatable bonds is 6. The van der Waals surface area contributed by atoms with E-state index in [1.807, 2.05) is 0 Å². The summed E-state index contributed by atoms with van der Waals surface area (Å²) in [7, 11) is 0. The van der Waals surface area contributed by atoms with E-state index in [0.717, 1.165) is 0 Å². The summed E-state index contributed by atoms with van der Waals surface area (Å²) < 4.78 is 0. The maximum Gasteiger partial charge on any atom is 0.272 e. The van der Waals surface area contributed by atoms with Crippen LogP contribution in [-0.2, 0) is 0 Å². The number of anilines is 1. The minimum atomic E-state index is -0.502. The largest absolute Gasteiger partial charge is 0.322 e. The SMILES string of the molecule is C/C(=N\NC(=O)c1ccc([N+](=O)[O-])c(C)c1)c1cccc(NC(=O)c2ccc(Cl)cc2)c1. The lowest BCUT2D eigenvalue weighted by Gasteiger charge is -2.08. The zero-order valence-corrected chi connectivity index (χ0v) is 18.0. The summed E-state index contributed by atoms with van der Waals surface area (Å²) in [6.45, 7) is 3.27. The summed E-state index contributed by atoms with van der Waals surface area (Å²) >= 11 is 5.85. The van der Waals surface area contributed by atoms with E-state index < -0.39 is 10.8 Å². The number of amides is 2. The fourth-order valence-corrected chi connectivity index (χ4v) is 3.02. The summed E-state index contributed by atoms with van der Waals surface area (Å²) in [5.74, 6) is -0.773. The second-order valence-corrected chi connectivity index (χ2v) is 7.37. The van der Waals surface area contributed by atoms with Gasteiger partial charge in [0.05, 0.1) is 10.6 Å². The molecule has 0 spiro atoms. The van der Waals surface area contributed by atoms with Gasteiger partial charge in [0.2, 0.25) is 0 Å². The van der Waals surface area contributed by atoms with Gasteiger partial charge in [0.1, 0.15) is 0 Å². The number of nitro groups is 1. The normalized spacial score (nSPS) is 11.0. The van der Waals surface area contributed by atoms with Crippen LogP contribution >= 0.6 is 11.6 Å². The highest BCUT2D eigenvalue weighted by molar-refractivity contribution is 6.30. The van der Waals surface area contributed by atoms with Crippen LogP contribution in [0.4, 0.5) is 11.4 Å². The van der Waals surface area contributed by atoms with Gasteiger partial charge >= 0.3 is 0 Å². The molecule has 0 aromatic heterocycles. The molecule has 0 fully saturated rings. The van der Waals surface area contributed by atoms with Gasteiger partial charge in [-0.1, -0.05) is 23.7 Å². The molecule has 3 rings (SSSR count). The molecule has 0 saturated heterocycles. The van der Waals surface area contributed by atoms with Gasteiger partial charge in [0.15, 0.2) is 0 Å². The Labute approximate surface area is 189 Å². The fourth-order valence-electron chi connectivity index (χ4n) is 2.89. The van der Waals surface area contributed by atoms with Crippen molar-refractivity contribution in [2.24, 2.45) is 5.10 Å². The van der Waals surface area contributed by atoms with Crippen LogP contribution in [0, 0.1) is 17.0 Å². The van der Waals surface area contributed by atoms with Gasteiger partial charge in [-0.15, -0.1) is 0 Å². The molecule has 0 unspecified atom stereocenters. The van der Waals surface area contributed by atoms with Gasteiger partial charge in [-0.3, -0.25) is 19.7 Å². The third-order valence-corrected chi connectivity index (χ3v) is 4.88. The average Bonchev–Trinajstić information content (AvgIpc) is 2.77. The predicted molar refractivity (Wildman–Crippen MR) is 123 cm³/mol. The summed E-state index contributed by atoms with van der Waals surface area (Å²) in [6.07, 6.45) is 0. The van der Waals surface area contributed by atoms with E-state index in [4.69, 9.17) is 11.6 Å². The first-order chi connectivity index (χ1) is 15.2. The van der Waals surface area contributed by atoms with Gasteiger partial charge in [-0.25, -0.2) is 5.43 Å². The second kappa shape index (κ2) is 9.84. The minimum Gasteiger partial charge on any atom is -0.322 e. The van der Waals surface area contributed by atoms with E-state index >= 15 is 0 Å². The van der Waals surface area contributed by atoms with Crippen LogP contribution in [0.1, 0.15) is 38.8 Å². The lowest BCUT2D eigenvalue weighted by molar-refractivity contribution is -0.385. The molecule has 0 aliphatic heterocycles. The molecule has 2 amide bonds. The molecule has 0 atom stereocenters. The Hall–Kier alpha value is -4.04. The molecule has 0 aliphatic carbocycles. The Morgan fingerprint density at radius 2 is 1.62 bits per heavy atom. The van der Waals surface area contributed by atoms with Crippen molar-refractivity contribution in [3.63, 3.8) is 0 Å². The first-order valence-corrected chi connectivity index (χ1v) is 9.89. The molecule has 32 heavy (non-hydrogen) atoms. The zero-order valence-electron chi connectivity index (χ0n) is 17.3. The van der Waals surface area contributed by atoms with Crippen molar-refractivity contribution in [3.8, 4) is 0 Å². The second-order valence-electron chi connectivity index (χ2n) is 6.94. The number of benzene rings is 3. The molecule has 9 heteroatoms. The third-order valence-electron chi connectivity index (χ3n) is 4.63. The number of halogens is 1. The number of aryl methyl sites for hydroxylation is 1. The van der Waals surface area contributed by atoms with Crippen LogP contribution in [-0.4, -0.2) is 22.4 Å². The van der Waals surface area contributed by atoms with E-state index in [-0.39, 0.29) is 17.2 Å². The van der Waals surface area contributed by atoms with Gasteiger partial charge in [0, 0.05) is 33.5 Å². The number of nitrogens with zero attached hydrogens (tertiary/aromatic N) is 2. The van der Waals surface area contributed by atoms with Crippen LogP contribution in [0.25, 0.3) is 0 Å². The van der Waals surface area contributed by atoms with Crippen molar-refractivity contribution in [1.29, 1.82) is 0 Å². The van der Waals surface area contributed by atoms with Crippen molar-refractivity contribution < 1.29 is 14.5 Å². The van der Waals surface area contributed by atoms with E-state index in [1.165, 1.54) is 18.2 Å². The Balaban J connectivity index is 1.69. The van der Waals surface area contributed by atoms with Crippen molar-refractivity contribution in [1.82, 2.24) is 5.43 Å².